The Kier molecular flexibility index (Phi) is 7.79. The first kappa shape index (κ1) is 25.6. The lowest BCUT2D eigenvalue weighted by molar-refractivity contribution is 0.101. The SMILES string of the molecule is NS(=O)(=O)OC[C@H]1C[C@@H](Nc2ncncc2C(=O)c2cc(Cc3cccc(Cl)c3F)cs2)C[C@@H]1O. The number of aliphatic hydroxyl groups is 1. The van der Waals surface area contributed by atoms with Gasteiger partial charge in [0.05, 0.1) is 28.2 Å². The van der Waals surface area contributed by atoms with Gasteiger partial charge < -0.3 is 10.4 Å². The minimum absolute atomic E-state index is 0.0432. The number of carbonyl (C=O) groups is 1. The van der Waals surface area contributed by atoms with Gasteiger partial charge in [-0.1, -0.05) is 23.7 Å². The predicted molar refractivity (Wildman–Crippen MR) is 129 cm³/mol. The van der Waals surface area contributed by atoms with Crippen LogP contribution in [0.25, 0.3) is 0 Å². The van der Waals surface area contributed by atoms with Crippen LogP contribution in [-0.2, 0) is 20.9 Å². The zero-order valence-electron chi connectivity index (χ0n) is 18.2. The van der Waals surface area contributed by atoms with Gasteiger partial charge in [-0.25, -0.2) is 19.5 Å². The Hall–Kier alpha value is -2.48. The van der Waals surface area contributed by atoms with E-state index >= 15 is 0 Å². The van der Waals surface area contributed by atoms with E-state index in [4.69, 9.17) is 16.7 Å². The van der Waals surface area contributed by atoms with Crippen molar-refractivity contribution in [1.82, 2.24) is 9.97 Å². The van der Waals surface area contributed by atoms with Crippen molar-refractivity contribution in [3.63, 3.8) is 0 Å². The molecule has 0 saturated heterocycles. The predicted octanol–water partition coefficient (Wildman–Crippen LogP) is 2.92. The summed E-state index contributed by atoms with van der Waals surface area (Å²) in [5.41, 5.74) is 1.44. The number of aliphatic hydroxyl groups excluding tert-OH is 1. The number of anilines is 1. The van der Waals surface area contributed by atoms with E-state index in [1.54, 1.807) is 23.6 Å². The smallest absolute Gasteiger partial charge is 0.333 e. The van der Waals surface area contributed by atoms with Crippen LogP contribution in [0.1, 0.15) is 39.2 Å². The number of halogens is 2. The summed E-state index contributed by atoms with van der Waals surface area (Å²) in [7, 11) is -4.11. The second-order valence-electron chi connectivity index (χ2n) is 8.24. The molecule has 0 amide bonds. The summed E-state index contributed by atoms with van der Waals surface area (Å²) >= 11 is 7.09. The molecule has 0 unspecified atom stereocenters. The quantitative estimate of drug-likeness (QED) is 0.351. The van der Waals surface area contributed by atoms with E-state index in [-0.39, 0.29) is 35.4 Å². The lowest BCUT2D eigenvalue weighted by Gasteiger charge is -2.15. The third-order valence-corrected chi connectivity index (χ3v) is 7.44. The van der Waals surface area contributed by atoms with Gasteiger partial charge in [-0.15, -0.1) is 11.3 Å². The fourth-order valence-corrected chi connectivity index (χ4v) is 5.44. The van der Waals surface area contributed by atoms with Crippen LogP contribution >= 0.6 is 22.9 Å². The minimum Gasteiger partial charge on any atom is -0.393 e. The van der Waals surface area contributed by atoms with Crippen molar-refractivity contribution in [2.24, 2.45) is 11.1 Å². The molecule has 2 heterocycles. The number of rotatable bonds is 9. The minimum atomic E-state index is -4.11. The molecule has 13 heteroatoms. The molecule has 1 aromatic carbocycles. The maximum Gasteiger partial charge on any atom is 0.333 e. The van der Waals surface area contributed by atoms with Gasteiger partial charge >= 0.3 is 10.3 Å². The number of thiophene rings is 1. The average molecular weight is 541 g/mol. The standard InChI is InChI=1S/C22H22ClFN4O5S2/c23-17-3-1-2-13(20(17)24)4-12-5-19(34-10-12)21(30)16-8-26-11-27-22(16)28-15-6-14(18(29)7-15)9-33-35(25,31)32/h1-3,5,8,10-11,14-15,18,29H,4,6-7,9H2,(H2,25,31,32)(H,26,27,28)/t14-,15-,18+/m1/s1. The number of hydrogen-bond donors (Lipinski definition) is 3. The van der Waals surface area contributed by atoms with Crippen LogP contribution in [0.4, 0.5) is 10.2 Å². The number of aromatic nitrogens is 2. The van der Waals surface area contributed by atoms with Gasteiger partial charge in [0, 0.05) is 24.6 Å². The molecular weight excluding hydrogens is 519 g/mol. The van der Waals surface area contributed by atoms with Crippen molar-refractivity contribution < 1.29 is 26.9 Å². The number of ketones is 1. The van der Waals surface area contributed by atoms with Crippen molar-refractivity contribution in [3.05, 3.63) is 74.6 Å². The van der Waals surface area contributed by atoms with Gasteiger partial charge in [0.25, 0.3) is 0 Å². The number of carbonyl (C=O) groups excluding carboxylic acids is 1. The second kappa shape index (κ2) is 10.6. The zero-order valence-corrected chi connectivity index (χ0v) is 20.6. The highest BCUT2D eigenvalue weighted by molar-refractivity contribution is 7.84. The molecule has 1 saturated carbocycles. The molecule has 4 N–H and O–H groups in total. The second-order valence-corrected chi connectivity index (χ2v) is 10.8. The van der Waals surface area contributed by atoms with Crippen molar-refractivity contribution in [3.8, 4) is 0 Å². The summed E-state index contributed by atoms with van der Waals surface area (Å²) in [4.78, 5) is 21.8. The summed E-state index contributed by atoms with van der Waals surface area (Å²) in [5.74, 6) is -0.934. The maximum absolute atomic E-state index is 14.2. The van der Waals surface area contributed by atoms with Crippen molar-refractivity contribution in [2.45, 2.75) is 31.4 Å². The Bertz CT molecular complexity index is 1340. The third-order valence-electron chi connectivity index (χ3n) is 5.71. The topological polar surface area (TPSA) is 144 Å². The fourth-order valence-electron chi connectivity index (χ4n) is 4.01. The van der Waals surface area contributed by atoms with Crippen LogP contribution in [0.3, 0.4) is 0 Å². The van der Waals surface area contributed by atoms with E-state index in [0.29, 0.717) is 29.1 Å². The van der Waals surface area contributed by atoms with Gasteiger partial charge in [-0.05, 0) is 41.5 Å². The summed E-state index contributed by atoms with van der Waals surface area (Å²) < 4.78 is 40.9. The number of nitrogens with two attached hydrogens (primary N) is 1. The monoisotopic (exact) mass is 540 g/mol. The van der Waals surface area contributed by atoms with Crippen molar-refractivity contribution in [1.29, 1.82) is 0 Å². The molecule has 0 spiro atoms. The Balaban J connectivity index is 1.46. The van der Waals surface area contributed by atoms with Crippen LogP contribution < -0.4 is 10.5 Å². The molecule has 9 nitrogen and oxygen atoms in total. The molecular formula is C22H22ClFN4O5S2. The molecule has 0 aliphatic heterocycles. The molecule has 0 bridgehead atoms. The summed E-state index contributed by atoms with van der Waals surface area (Å²) in [6, 6.07) is 6.22. The molecule has 186 valence electrons. The molecule has 3 atom stereocenters. The van der Waals surface area contributed by atoms with Gasteiger partial charge in [0.15, 0.2) is 0 Å². The Morgan fingerprint density at radius 1 is 1.37 bits per heavy atom. The Labute approximate surface area is 210 Å². The Morgan fingerprint density at radius 3 is 2.94 bits per heavy atom. The first-order chi connectivity index (χ1) is 16.6. The molecule has 1 fully saturated rings. The van der Waals surface area contributed by atoms with Gasteiger partial charge in [0.2, 0.25) is 5.78 Å². The molecule has 1 aliphatic rings. The number of nitrogens with one attached hydrogen (secondary N) is 1. The molecule has 0 radical (unpaired) electrons. The summed E-state index contributed by atoms with van der Waals surface area (Å²) in [6.45, 7) is -0.237. The van der Waals surface area contributed by atoms with Crippen LogP contribution in [-0.4, -0.2) is 48.0 Å². The lowest BCUT2D eigenvalue weighted by atomic mass is 10.1. The van der Waals surface area contributed by atoms with Gasteiger partial charge in [0.1, 0.15) is 18.0 Å². The van der Waals surface area contributed by atoms with Crippen LogP contribution in [0.15, 0.2) is 42.2 Å². The van der Waals surface area contributed by atoms with Gasteiger partial charge in [-0.3, -0.25) is 8.98 Å². The Morgan fingerprint density at radius 2 is 2.17 bits per heavy atom. The van der Waals surface area contributed by atoms with E-state index in [9.17, 15) is 22.7 Å². The third kappa shape index (κ3) is 6.40. The lowest BCUT2D eigenvalue weighted by Crippen LogP contribution is -2.24. The molecule has 3 aromatic rings. The number of hydrogen-bond acceptors (Lipinski definition) is 9. The summed E-state index contributed by atoms with van der Waals surface area (Å²) in [6.07, 6.45) is 2.89. The zero-order chi connectivity index (χ0) is 25.2. The van der Waals surface area contributed by atoms with E-state index in [1.165, 1.54) is 29.9 Å². The van der Waals surface area contributed by atoms with Crippen LogP contribution in [0.2, 0.25) is 5.02 Å². The van der Waals surface area contributed by atoms with Crippen molar-refractivity contribution >= 4 is 44.8 Å². The van der Waals surface area contributed by atoms with Crippen LogP contribution in [0, 0.1) is 11.7 Å². The largest absolute Gasteiger partial charge is 0.393 e. The summed E-state index contributed by atoms with van der Waals surface area (Å²) in [5, 5.41) is 20.1. The van der Waals surface area contributed by atoms with Crippen LogP contribution in [0.5, 0.6) is 0 Å². The van der Waals surface area contributed by atoms with E-state index in [1.807, 2.05) is 0 Å². The average Bonchev–Trinajstić information content (AvgIpc) is 3.41. The molecule has 1 aliphatic carbocycles. The first-order valence-corrected chi connectivity index (χ1v) is 13.3. The molecule has 4 rings (SSSR count). The highest BCUT2D eigenvalue weighted by Crippen LogP contribution is 2.31. The van der Waals surface area contributed by atoms with Gasteiger partial charge in [-0.2, -0.15) is 8.42 Å². The fraction of sp³-hybridized carbons (Fsp3) is 0.318. The highest BCUT2D eigenvalue weighted by Gasteiger charge is 2.34. The van der Waals surface area contributed by atoms with E-state index in [2.05, 4.69) is 19.5 Å². The molecule has 35 heavy (non-hydrogen) atoms. The van der Waals surface area contributed by atoms with Crippen molar-refractivity contribution in [2.75, 3.05) is 11.9 Å². The number of nitrogens with zero attached hydrogens (tertiary/aromatic N) is 2. The maximum atomic E-state index is 14.2. The normalized spacial score (nSPS) is 20.2. The first-order valence-electron chi connectivity index (χ1n) is 10.6. The highest BCUT2D eigenvalue weighted by atomic mass is 35.5. The van der Waals surface area contributed by atoms with E-state index < -0.39 is 28.1 Å². The van der Waals surface area contributed by atoms with E-state index in [0.717, 1.165) is 5.56 Å². The number of benzene rings is 1. The molecule has 2 aromatic heterocycles.